The summed E-state index contributed by atoms with van der Waals surface area (Å²) >= 11 is 0. The highest BCUT2D eigenvalue weighted by atomic mass is 127. The standard InChI is InChI=1S/C23H33N5O3.HI/c1-2-24-23(28-14-12-27(13-15-28)22(29)21-9-7-17-31-21)25-18-19(20-8-6-16-30-20)26-10-4-3-5-11-26;/h6-9,16-17,19H,2-5,10-15,18H2,1H3,(H,24,25);1H. The molecule has 0 radical (unpaired) electrons. The third kappa shape index (κ3) is 6.06. The number of piperazine rings is 1. The molecule has 32 heavy (non-hydrogen) atoms. The van der Waals surface area contributed by atoms with E-state index in [9.17, 15) is 4.79 Å². The van der Waals surface area contributed by atoms with Gasteiger partial charge in [0.2, 0.25) is 0 Å². The SMILES string of the molecule is CCNC(=NCC(c1ccco1)N1CCCCC1)N1CCN(C(=O)c2ccco2)CC1.I. The van der Waals surface area contributed by atoms with Gasteiger partial charge in [-0.1, -0.05) is 6.42 Å². The summed E-state index contributed by atoms with van der Waals surface area (Å²) in [6, 6.07) is 7.63. The van der Waals surface area contributed by atoms with Crippen LogP contribution in [-0.2, 0) is 0 Å². The Morgan fingerprint density at radius 2 is 1.69 bits per heavy atom. The van der Waals surface area contributed by atoms with Crippen LogP contribution < -0.4 is 5.32 Å². The number of aliphatic imine (C=N–C) groups is 1. The van der Waals surface area contributed by atoms with Crippen molar-refractivity contribution in [3.63, 3.8) is 0 Å². The van der Waals surface area contributed by atoms with Crippen LogP contribution in [0.4, 0.5) is 0 Å². The molecule has 2 fully saturated rings. The number of hydrogen-bond acceptors (Lipinski definition) is 5. The summed E-state index contributed by atoms with van der Waals surface area (Å²) in [7, 11) is 0. The number of piperidine rings is 1. The van der Waals surface area contributed by atoms with Crippen LogP contribution >= 0.6 is 24.0 Å². The molecule has 1 unspecified atom stereocenters. The molecule has 1 amide bonds. The Morgan fingerprint density at radius 3 is 2.31 bits per heavy atom. The minimum atomic E-state index is -0.0467. The van der Waals surface area contributed by atoms with E-state index in [0.29, 0.717) is 25.4 Å². The molecule has 8 nitrogen and oxygen atoms in total. The van der Waals surface area contributed by atoms with Gasteiger partial charge in [0.15, 0.2) is 11.7 Å². The molecule has 1 N–H and O–H groups in total. The highest BCUT2D eigenvalue weighted by Crippen LogP contribution is 2.25. The number of rotatable bonds is 6. The zero-order valence-corrected chi connectivity index (χ0v) is 21.1. The number of nitrogens with one attached hydrogen (secondary N) is 1. The first-order valence-corrected chi connectivity index (χ1v) is 11.4. The maximum atomic E-state index is 12.5. The lowest BCUT2D eigenvalue weighted by Crippen LogP contribution is -2.54. The number of carbonyl (C=O) groups excluding carboxylic acids is 1. The Balaban J connectivity index is 0.00000289. The number of likely N-dealkylation sites (tertiary alicyclic amines) is 1. The number of halogens is 1. The zero-order valence-electron chi connectivity index (χ0n) is 18.7. The van der Waals surface area contributed by atoms with Crippen molar-refractivity contribution in [1.82, 2.24) is 20.0 Å². The lowest BCUT2D eigenvalue weighted by atomic mass is 10.1. The van der Waals surface area contributed by atoms with Crippen LogP contribution in [0.2, 0.25) is 0 Å². The van der Waals surface area contributed by atoms with Gasteiger partial charge in [0.25, 0.3) is 5.91 Å². The molecule has 4 rings (SSSR count). The number of amides is 1. The van der Waals surface area contributed by atoms with Gasteiger partial charge in [0.05, 0.1) is 25.1 Å². The molecule has 2 saturated heterocycles. The fourth-order valence-electron chi connectivity index (χ4n) is 4.37. The summed E-state index contributed by atoms with van der Waals surface area (Å²) < 4.78 is 11.0. The van der Waals surface area contributed by atoms with E-state index in [1.54, 1.807) is 18.4 Å². The second-order valence-corrected chi connectivity index (χ2v) is 8.08. The summed E-state index contributed by atoms with van der Waals surface area (Å²) in [5.41, 5.74) is 0. The molecule has 176 valence electrons. The van der Waals surface area contributed by atoms with Crippen molar-refractivity contribution in [2.45, 2.75) is 32.2 Å². The van der Waals surface area contributed by atoms with Crippen LogP contribution in [0.3, 0.4) is 0 Å². The second kappa shape index (κ2) is 12.3. The van der Waals surface area contributed by atoms with Crippen molar-refractivity contribution in [3.05, 3.63) is 48.3 Å². The normalized spacial score (nSPS) is 18.8. The predicted molar refractivity (Wildman–Crippen MR) is 134 cm³/mol. The third-order valence-electron chi connectivity index (χ3n) is 6.05. The number of furan rings is 2. The smallest absolute Gasteiger partial charge is 0.289 e. The lowest BCUT2D eigenvalue weighted by molar-refractivity contribution is 0.0657. The fraction of sp³-hybridized carbons (Fsp3) is 0.565. The van der Waals surface area contributed by atoms with E-state index in [0.717, 1.165) is 44.4 Å². The lowest BCUT2D eigenvalue weighted by Gasteiger charge is -2.37. The van der Waals surface area contributed by atoms with E-state index in [-0.39, 0.29) is 35.9 Å². The van der Waals surface area contributed by atoms with Gasteiger partial charge in [0.1, 0.15) is 5.76 Å². The van der Waals surface area contributed by atoms with Gasteiger partial charge >= 0.3 is 0 Å². The van der Waals surface area contributed by atoms with Crippen molar-refractivity contribution in [2.24, 2.45) is 4.99 Å². The monoisotopic (exact) mass is 555 g/mol. The van der Waals surface area contributed by atoms with E-state index < -0.39 is 0 Å². The summed E-state index contributed by atoms with van der Waals surface area (Å²) in [5.74, 6) is 2.24. The number of guanidine groups is 1. The zero-order chi connectivity index (χ0) is 21.5. The Kier molecular flexibility index (Phi) is 9.46. The summed E-state index contributed by atoms with van der Waals surface area (Å²) in [5, 5.41) is 3.43. The van der Waals surface area contributed by atoms with Crippen LogP contribution in [0.25, 0.3) is 0 Å². The van der Waals surface area contributed by atoms with E-state index in [4.69, 9.17) is 13.8 Å². The van der Waals surface area contributed by atoms with E-state index in [2.05, 4.69) is 28.1 Å². The number of hydrogen-bond donors (Lipinski definition) is 1. The molecular weight excluding hydrogens is 521 g/mol. The Labute approximate surface area is 207 Å². The summed E-state index contributed by atoms with van der Waals surface area (Å²) in [4.78, 5) is 24.1. The van der Waals surface area contributed by atoms with Gasteiger partial charge in [-0.2, -0.15) is 0 Å². The first-order chi connectivity index (χ1) is 15.3. The summed E-state index contributed by atoms with van der Waals surface area (Å²) in [6.07, 6.45) is 7.04. The quantitative estimate of drug-likeness (QED) is 0.335. The largest absolute Gasteiger partial charge is 0.468 e. The minimum Gasteiger partial charge on any atom is -0.468 e. The number of nitrogens with zero attached hydrogens (tertiary/aromatic N) is 4. The van der Waals surface area contributed by atoms with Gasteiger partial charge in [-0.05, 0) is 57.1 Å². The molecule has 9 heteroatoms. The molecule has 0 spiro atoms. The average Bonchev–Trinajstić information content (AvgIpc) is 3.54. The Bertz CT molecular complexity index is 826. The second-order valence-electron chi connectivity index (χ2n) is 8.08. The average molecular weight is 555 g/mol. The maximum absolute atomic E-state index is 12.5. The molecule has 0 bridgehead atoms. The highest BCUT2D eigenvalue weighted by Gasteiger charge is 2.27. The molecule has 4 heterocycles. The molecule has 2 aliphatic heterocycles. The topological polar surface area (TPSA) is 77.5 Å². The maximum Gasteiger partial charge on any atom is 0.289 e. The number of carbonyl (C=O) groups is 1. The molecule has 1 atom stereocenters. The van der Waals surface area contributed by atoms with Gasteiger partial charge in [-0.15, -0.1) is 24.0 Å². The van der Waals surface area contributed by atoms with Crippen LogP contribution in [-0.4, -0.2) is 78.9 Å². The van der Waals surface area contributed by atoms with Crippen molar-refractivity contribution in [2.75, 3.05) is 52.4 Å². The molecule has 2 aromatic rings. The highest BCUT2D eigenvalue weighted by molar-refractivity contribution is 14.0. The first-order valence-electron chi connectivity index (χ1n) is 11.4. The van der Waals surface area contributed by atoms with Crippen LogP contribution in [0, 0.1) is 0 Å². The van der Waals surface area contributed by atoms with Gasteiger partial charge in [-0.3, -0.25) is 14.7 Å². The van der Waals surface area contributed by atoms with E-state index in [1.807, 2.05) is 11.0 Å². The molecule has 2 aromatic heterocycles. The van der Waals surface area contributed by atoms with Crippen LogP contribution in [0.5, 0.6) is 0 Å². The summed E-state index contributed by atoms with van der Waals surface area (Å²) in [6.45, 7) is 8.51. The van der Waals surface area contributed by atoms with Gasteiger partial charge in [0, 0.05) is 32.7 Å². The molecule has 0 aromatic carbocycles. The minimum absolute atomic E-state index is 0. The molecule has 0 aliphatic carbocycles. The fourth-order valence-corrected chi connectivity index (χ4v) is 4.37. The van der Waals surface area contributed by atoms with E-state index >= 15 is 0 Å². The Morgan fingerprint density at radius 1 is 1.00 bits per heavy atom. The van der Waals surface area contributed by atoms with E-state index in [1.165, 1.54) is 25.5 Å². The van der Waals surface area contributed by atoms with Crippen molar-refractivity contribution >= 4 is 35.8 Å². The van der Waals surface area contributed by atoms with Crippen LogP contribution in [0.15, 0.2) is 50.6 Å². The predicted octanol–water partition coefficient (Wildman–Crippen LogP) is 3.44. The molecular formula is C23H34IN5O3. The van der Waals surface area contributed by atoms with Gasteiger partial charge in [-0.25, -0.2) is 0 Å². The molecule has 0 saturated carbocycles. The van der Waals surface area contributed by atoms with Crippen molar-refractivity contribution in [1.29, 1.82) is 0 Å². The van der Waals surface area contributed by atoms with Crippen molar-refractivity contribution in [3.8, 4) is 0 Å². The van der Waals surface area contributed by atoms with Gasteiger partial charge < -0.3 is 24.0 Å². The Hall–Kier alpha value is -2.01. The van der Waals surface area contributed by atoms with Crippen molar-refractivity contribution < 1.29 is 13.6 Å². The first kappa shape index (κ1) is 24.6. The third-order valence-corrected chi connectivity index (χ3v) is 6.05. The molecule has 2 aliphatic rings. The van der Waals surface area contributed by atoms with Crippen LogP contribution in [0.1, 0.15) is 48.5 Å².